The van der Waals surface area contributed by atoms with Gasteiger partial charge in [-0.2, -0.15) is 0 Å². The van der Waals surface area contributed by atoms with Gasteiger partial charge < -0.3 is 19.0 Å². The lowest BCUT2D eigenvalue weighted by molar-refractivity contribution is -0.384. The molecule has 10 nitrogen and oxygen atoms in total. The summed E-state index contributed by atoms with van der Waals surface area (Å²) in [6, 6.07) is 6.57. The Balaban J connectivity index is 2.08. The highest BCUT2D eigenvalue weighted by Crippen LogP contribution is 2.42. The van der Waals surface area contributed by atoms with Crippen molar-refractivity contribution in [3.8, 4) is 16.9 Å². The molecule has 14 heteroatoms. The molecule has 2 unspecified atom stereocenters. The van der Waals surface area contributed by atoms with Crippen molar-refractivity contribution in [2.75, 3.05) is 12.4 Å². The molecule has 0 aliphatic carbocycles. The van der Waals surface area contributed by atoms with E-state index in [0.29, 0.717) is 27.7 Å². The number of ether oxygens (including phenoxy) is 1. The molecule has 3 rings (SSSR count). The molecule has 0 saturated carbocycles. The Labute approximate surface area is 286 Å². The second-order valence-electron chi connectivity index (χ2n) is 14.2. The summed E-state index contributed by atoms with van der Waals surface area (Å²) in [5.74, 6) is 0.0470. The van der Waals surface area contributed by atoms with Crippen molar-refractivity contribution in [2.24, 2.45) is 4.40 Å². The van der Waals surface area contributed by atoms with Crippen LogP contribution in [0.2, 0.25) is 23.2 Å². The standard InChI is InChI=1S/C33H45ClFN5O5SSi/c1-31(2,3)46(43)38-16-15-25(29-23(34)13-12-14-28(29)44-9)39-26-17-22(24(35)18-27(26)40(41)42)21-19-36-30(37-20-21)33(7,8)45-47(10,11)32(4,5)6/h12-14,16-20,25,39H,15H2,1-11H3. The van der Waals surface area contributed by atoms with Crippen LogP contribution in [0.25, 0.3) is 11.1 Å². The molecule has 2 atom stereocenters. The van der Waals surface area contributed by atoms with Gasteiger partial charge in [0, 0.05) is 40.5 Å². The van der Waals surface area contributed by atoms with E-state index in [1.165, 1.54) is 31.8 Å². The molecule has 1 N–H and O–H groups in total. The Morgan fingerprint density at radius 3 is 2.28 bits per heavy atom. The van der Waals surface area contributed by atoms with Crippen molar-refractivity contribution in [1.82, 2.24) is 9.97 Å². The largest absolute Gasteiger partial charge is 0.591 e. The number of nitro groups is 1. The van der Waals surface area contributed by atoms with Crippen LogP contribution < -0.4 is 10.1 Å². The average molecular weight is 706 g/mol. The van der Waals surface area contributed by atoms with Crippen LogP contribution in [0.3, 0.4) is 0 Å². The van der Waals surface area contributed by atoms with Crippen LogP contribution in [0.15, 0.2) is 47.1 Å². The lowest BCUT2D eigenvalue weighted by atomic mass is 10.0. The zero-order valence-electron chi connectivity index (χ0n) is 28.9. The zero-order chi connectivity index (χ0) is 35.5. The van der Waals surface area contributed by atoms with E-state index >= 15 is 4.39 Å². The molecule has 0 fully saturated rings. The van der Waals surface area contributed by atoms with Gasteiger partial charge in [-0.05, 0) is 71.0 Å². The first-order valence-corrected chi connectivity index (χ1v) is 19.5. The SMILES string of the molecule is COc1cccc(Cl)c1C(CC=N[S+]([O-])C(C)(C)C)Nc1cc(-c2cnc(C(C)(C)O[Si](C)(C)C(C)(C)C)nc2)c(F)cc1[N+](=O)[O-]. The first-order valence-electron chi connectivity index (χ1n) is 15.1. The molecule has 0 amide bonds. The van der Waals surface area contributed by atoms with E-state index in [-0.39, 0.29) is 22.7 Å². The Morgan fingerprint density at radius 2 is 1.74 bits per heavy atom. The van der Waals surface area contributed by atoms with Crippen LogP contribution in [0, 0.1) is 15.9 Å². The number of nitrogens with one attached hydrogen (secondary N) is 1. The lowest BCUT2D eigenvalue weighted by Gasteiger charge is -2.42. The minimum atomic E-state index is -2.17. The van der Waals surface area contributed by atoms with Crippen molar-refractivity contribution in [3.05, 3.63) is 75.1 Å². The predicted molar refractivity (Wildman–Crippen MR) is 191 cm³/mol. The summed E-state index contributed by atoms with van der Waals surface area (Å²) < 4.78 is 43.9. The van der Waals surface area contributed by atoms with E-state index in [4.69, 9.17) is 20.8 Å². The molecule has 1 heterocycles. The number of nitrogens with zero attached hydrogens (tertiary/aromatic N) is 4. The predicted octanol–water partition coefficient (Wildman–Crippen LogP) is 9.19. The number of hydrogen-bond donors (Lipinski definition) is 1. The highest BCUT2D eigenvalue weighted by Gasteiger charge is 2.43. The highest BCUT2D eigenvalue weighted by atomic mass is 35.5. The van der Waals surface area contributed by atoms with E-state index in [1.807, 2.05) is 13.8 Å². The van der Waals surface area contributed by atoms with Gasteiger partial charge in [-0.3, -0.25) is 10.1 Å². The Hall–Kier alpha value is -3.10. The fourth-order valence-corrected chi connectivity index (χ4v) is 7.02. The molecule has 0 spiro atoms. The van der Waals surface area contributed by atoms with Gasteiger partial charge >= 0.3 is 0 Å². The van der Waals surface area contributed by atoms with E-state index in [9.17, 15) is 14.7 Å². The molecule has 0 saturated heterocycles. The summed E-state index contributed by atoms with van der Waals surface area (Å²) >= 11 is 5.08. The second-order valence-corrected chi connectivity index (χ2v) is 21.3. The summed E-state index contributed by atoms with van der Waals surface area (Å²) in [5.41, 5.74) is -0.391. The maximum atomic E-state index is 15.5. The molecule has 3 aromatic rings. The van der Waals surface area contributed by atoms with Crippen molar-refractivity contribution in [1.29, 1.82) is 0 Å². The number of hydrogen-bond acceptors (Lipinski definition) is 9. The molecule has 2 aromatic carbocycles. The van der Waals surface area contributed by atoms with Crippen LogP contribution in [-0.2, 0) is 21.4 Å². The Bertz CT molecular complexity index is 1610. The van der Waals surface area contributed by atoms with Gasteiger partial charge in [0.1, 0.15) is 39.0 Å². The van der Waals surface area contributed by atoms with Crippen molar-refractivity contribution in [2.45, 2.75) is 96.3 Å². The number of nitro benzene ring substituents is 1. The summed E-state index contributed by atoms with van der Waals surface area (Å²) in [7, 11) is -0.689. The zero-order valence-corrected chi connectivity index (χ0v) is 31.5. The maximum Gasteiger partial charge on any atom is 0.295 e. The second kappa shape index (κ2) is 14.6. The van der Waals surface area contributed by atoms with Gasteiger partial charge in [0.2, 0.25) is 0 Å². The topological polar surface area (TPSA) is 135 Å². The molecule has 0 aliphatic heterocycles. The Kier molecular flexibility index (Phi) is 11.9. The smallest absolute Gasteiger partial charge is 0.295 e. The molecule has 47 heavy (non-hydrogen) atoms. The third kappa shape index (κ3) is 9.29. The third-order valence-electron chi connectivity index (χ3n) is 8.05. The first kappa shape index (κ1) is 38.3. The summed E-state index contributed by atoms with van der Waals surface area (Å²) in [6.45, 7) is 19.9. The minimum absolute atomic E-state index is 0.0226. The van der Waals surface area contributed by atoms with E-state index in [0.717, 1.165) is 6.07 Å². The summed E-state index contributed by atoms with van der Waals surface area (Å²) in [5, 5.41) is 15.6. The van der Waals surface area contributed by atoms with Gasteiger partial charge in [-0.15, -0.1) is 0 Å². The maximum absolute atomic E-state index is 15.5. The first-order chi connectivity index (χ1) is 21.6. The van der Waals surface area contributed by atoms with Crippen molar-refractivity contribution in [3.63, 3.8) is 0 Å². The quantitative estimate of drug-likeness (QED) is 0.0648. The number of halogens is 2. The van der Waals surface area contributed by atoms with E-state index in [2.05, 4.69) is 53.5 Å². The number of aromatic nitrogens is 2. The van der Waals surface area contributed by atoms with Gasteiger partial charge in [-0.1, -0.05) is 42.8 Å². The normalized spacial score (nSPS) is 14.3. The van der Waals surface area contributed by atoms with Crippen LogP contribution >= 0.6 is 11.6 Å². The Morgan fingerprint density at radius 1 is 1.13 bits per heavy atom. The molecule has 256 valence electrons. The average Bonchev–Trinajstić information content (AvgIpc) is 2.95. The fraction of sp³-hybridized carbons (Fsp3) is 0.485. The molecular weight excluding hydrogens is 661 g/mol. The highest BCUT2D eigenvalue weighted by molar-refractivity contribution is 7.91. The van der Waals surface area contributed by atoms with Gasteiger partial charge in [-0.25, -0.2) is 14.4 Å². The third-order valence-corrected chi connectivity index (χ3v) is 14.4. The van der Waals surface area contributed by atoms with Crippen LogP contribution in [0.5, 0.6) is 5.75 Å². The summed E-state index contributed by atoms with van der Waals surface area (Å²) in [6.07, 6.45) is 4.58. The van der Waals surface area contributed by atoms with Gasteiger partial charge in [0.25, 0.3) is 5.69 Å². The molecule has 1 aromatic heterocycles. The number of methoxy groups -OCH3 is 1. The van der Waals surface area contributed by atoms with Crippen LogP contribution in [0.4, 0.5) is 15.8 Å². The number of anilines is 1. The monoisotopic (exact) mass is 705 g/mol. The van der Waals surface area contributed by atoms with Crippen molar-refractivity contribution >= 4 is 48.9 Å². The summed E-state index contributed by atoms with van der Waals surface area (Å²) in [4.78, 5) is 20.5. The molecular formula is C33H45ClFN5O5SSi. The van der Waals surface area contributed by atoms with Crippen LogP contribution in [0.1, 0.15) is 79.2 Å². The van der Waals surface area contributed by atoms with E-state index in [1.54, 1.807) is 39.0 Å². The number of rotatable bonds is 12. The molecule has 0 radical (unpaired) electrons. The fourth-order valence-electron chi connectivity index (χ4n) is 4.51. The molecule has 0 aliphatic rings. The van der Waals surface area contributed by atoms with Crippen LogP contribution in [-0.4, -0.2) is 45.8 Å². The minimum Gasteiger partial charge on any atom is -0.591 e. The van der Waals surface area contributed by atoms with Gasteiger partial charge in [0.15, 0.2) is 14.1 Å². The van der Waals surface area contributed by atoms with Crippen molar-refractivity contribution < 1.29 is 23.0 Å². The van der Waals surface area contributed by atoms with Gasteiger partial charge in [0.05, 0.1) is 30.4 Å². The number of benzene rings is 2. The lowest BCUT2D eigenvalue weighted by Crippen LogP contribution is -2.46. The molecule has 0 bridgehead atoms. The van der Waals surface area contributed by atoms with E-state index < -0.39 is 52.5 Å².